The Labute approximate surface area is 122 Å². The summed E-state index contributed by atoms with van der Waals surface area (Å²) in [6.45, 7) is 5.19. The second kappa shape index (κ2) is 6.89. The van der Waals surface area contributed by atoms with Gasteiger partial charge in [0.15, 0.2) is 0 Å². The van der Waals surface area contributed by atoms with E-state index in [2.05, 4.69) is 12.2 Å². The van der Waals surface area contributed by atoms with Crippen LogP contribution >= 0.6 is 0 Å². The first-order chi connectivity index (χ1) is 9.63. The molecular weight excluding hydrogens is 248 g/mol. The van der Waals surface area contributed by atoms with Crippen LogP contribution in [-0.4, -0.2) is 36.5 Å². The molecule has 1 aromatic carbocycles. The van der Waals surface area contributed by atoms with E-state index in [1.807, 2.05) is 43.1 Å². The van der Waals surface area contributed by atoms with Crippen molar-refractivity contribution in [2.45, 2.75) is 51.6 Å². The molecule has 1 aliphatic rings. The van der Waals surface area contributed by atoms with Crippen LogP contribution < -0.4 is 5.32 Å². The average Bonchev–Trinajstić information content (AvgIpc) is 2.47. The van der Waals surface area contributed by atoms with Crippen LogP contribution in [0.4, 0.5) is 0 Å². The van der Waals surface area contributed by atoms with E-state index in [0.717, 1.165) is 30.5 Å². The molecule has 0 radical (unpaired) electrons. The van der Waals surface area contributed by atoms with Gasteiger partial charge in [-0.15, -0.1) is 0 Å². The van der Waals surface area contributed by atoms with Gasteiger partial charge in [-0.25, -0.2) is 0 Å². The Hall–Kier alpha value is -1.35. The topological polar surface area (TPSA) is 32.3 Å². The van der Waals surface area contributed by atoms with Crippen molar-refractivity contribution in [3.63, 3.8) is 0 Å². The van der Waals surface area contributed by atoms with Gasteiger partial charge in [0.2, 0.25) is 0 Å². The van der Waals surface area contributed by atoms with Gasteiger partial charge in [0, 0.05) is 24.7 Å². The van der Waals surface area contributed by atoms with Crippen molar-refractivity contribution in [2.75, 3.05) is 13.6 Å². The molecule has 0 heterocycles. The van der Waals surface area contributed by atoms with E-state index >= 15 is 0 Å². The minimum absolute atomic E-state index is 0.162. The van der Waals surface area contributed by atoms with Gasteiger partial charge in [0.25, 0.3) is 5.91 Å². The van der Waals surface area contributed by atoms with E-state index in [-0.39, 0.29) is 5.91 Å². The number of carbonyl (C=O) groups excluding carboxylic acids is 1. The molecule has 0 spiro atoms. The summed E-state index contributed by atoms with van der Waals surface area (Å²) in [6, 6.07) is 8.88. The zero-order valence-corrected chi connectivity index (χ0v) is 12.9. The lowest BCUT2D eigenvalue weighted by molar-refractivity contribution is 0.0684. The molecule has 1 aliphatic carbocycles. The Morgan fingerprint density at radius 3 is 2.50 bits per heavy atom. The summed E-state index contributed by atoms with van der Waals surface area (Å²) in [6.07, 6.45) is 4.55. The Morgan fingerprint density at radius 2 is 1.90 bits per heavy atom. The van der Waals surface area contributed by atoms with Gasteiger partial charge in [-0.1, -0.05) is 25.1 Å². The standard InChI is InChI=1S/C17H26N2O/c1-4-18-14-9-11-15(12-10-14)19(3)17(20)16-8-6-5-7-13(16)2/h5-8,14-15,18H,4,9-12H2,1-3H3. The lowest BCUT2D eigenvalue weighted by Gasteiger charge is -2.35. The van der Waals surface area contributed by atoms with E-state index in [1.54, 1.807) is 0 Å². The molecular formula is C17H26N2O. The normalized spacial score (nSPS) is 22.6. The molecule has 0 unspecified atom stereocenters. The van der Waals surface area contributed by atoms with Crippen LogP contribution in [0.1, 0.15) is 48.5 Å². The van der Waals surface area contributed by atoms with E-state index in [0.29, 0.717) is 12.1 Å². The molecule has 110 valence electrons. The van der Waals surface area contributed by atoms with Gasteiger partial charge in [0.1, 0.15) is 0 Å². The molecule has 0 bridgehead atoms. The molecule has 3 heteroatoms. The number of nitrogens with zero attached hydrogens (tertiary/aromatic N) is 1. The number of rotatable bonds is 4. The first kappa shape index (κ1) is 15.0. The summed E-state index contributed by atoms with van der Waals surface area (Å²) in [5, 5.41) is 3.51. The summed E-state index contributed by atoms with van der Waals surface area (Å²) in [5.41, 5.74) is 1.90. The Morgan fingerprint density at radius 1 is 1.25 bits per heavy atom. The number of aryl methyl sites for hydroxylation is 1. The fraction of sp³-hybridized carbons (Fsp3) is 0.588. The third-order valence-corrected chi connectivity index (χ3v) is 4.43. The summed E-state index contributed by atoms with van der Waals surface area (Å²) in [7, 11) is 1.95. The summed E-state index contributed by atoms with van der Waals surface area (Å²) >= 11 is 0. The highest BCUT2D eigenvalue weighted by Gasteiger charge is 2.27. The lowest BCUT2D eigenvalue weighted by atomic mass is 9.90. The molecule has 0 aliphatic heterocycles. The van der Waals surface area contributed by atoms with Gasteiger partial charge in [-0.3, -0.25) is 4.79 Å². The molecule has 1 saturated carbocycles. The number of nitrogens with one attached hydrogen (secondary N) is 1. The minimum Gasteiger partial charge on any atom is -0.339 e. The van der Waals surface area contributed by atoms with Crippen molar-refractivity contribution in [3.05, 3.63) is 35.4 Å². The number of amides is 1. The molecule has 20 heavy (non-hydrogen) atoms. The van der Waals surface area contributed by atoms with Gasteiger partial charge < -0.3 is 10.2 Å². The number of hydrogen-bond acceptors (Lipinski definition) is 2. The van der Waals surface area contributed by atoms with E-state index in [4.69, 9.17) is 0 Å². The lowest BCUT2D eigenvalue weighted by Crippen LogP contribution is -2.43. The molecule has 2 rings (SSSR count). The zero-order chi connectivity index (χ0) is 14.5. The molecule has 1 aromatic rings. The predicted octanol–water partition coefficient (Wildman–Crippen LogP) is 2.99. The van der Waals surface area contributed by atoms with Crippen molar-refractivity contribution >= 4 is 5.91 Å². The fourth-order valence-corrected chi connectivity index (χ4v) is 3.12. The first-order valence-electron chi connectivity index (χ1n) is 7.69. The summed E-state index contributed by atoms with van der Waals surface area (Å²) in [5.74, 6) is 0.162. The van der Waals surface area contributed by atoms with Crippen LogP contribution in [-0.2, 0) is 0 Å². The van der Waals surface area contributed by atoms with Crippen molar-refractivity contribution in [1.29, 1.82) is 0 Å². The highest BCUT2D eigenvalue weighted by molar-refractivity contribution is 5.95. The van der Waals surface area contributed by atoms with Crippen LogP contribution in [0.3, 0.4) is 0 Å². The minimum atomic E-state index is 0.162. The maximum atomic E-state index is 12.6. The average molecular weight is 274 g/mol. The highest BCUT2D eigenvalue weighted by atomic mass is 16.2. The second-order valence-corrected chi connectivity index (χ2v) is 5.79. The Bertz CT molecular complexity index is 450. The smallest absolute Gasteiger partial charge is 0.254 e. The molecule has 3 nitrogen and oxygen atoms in total. The summed E-state index contributed by atoms with van der Waals surface area (Å²) < 4.78 is 0. The van der Waals surface area contributed by atoms with Crippen molar-refractivity contribution < 1.29 is 4.79 Å². The van der Waals surface area contributed by atoms with Crippen LogP contribution in [0, 0.1) is 6.92 Å². The van der Waals surface area contributed by atoms with Crippen LogP contribution in [0.25, 0.3) is 0 Å². The largest absolute Gasteiger partial charge is 0.339 e. The van der Waals surface area contributed by atoms with Gasteiger partial charge >= 0.3 is 0 Å². The predicted molar refractivity (Wildman–Crippen MR) is 83.0 cm³/mol. The van der Waals surface area contributed by atoms with Crippen LogP contribution in [0.15, 0.2) is 24.3 Å². The molecule has 1 fully saturated rings. The number of benzene rings is 1. The quantitative estimate of drug-likeness (QED) is 0.915. The first-order valence-corrected chi connectivity index (χ1v) is 7.69. The van der Waals surface area contributed by atoms with Gasteiger partial charge in [-0.05, 0) is 50.8 Å². The summed E-state index contributed by atoms with van der Waals surface area (Å²) in [4.78, 5) is 14.5. The van der Waals surface area contributed by atoms with Crippen LogP contribution in [0.2, 0.25) is 0 Å². The SMILES string of the molecule is CCNC1CCC(N(C)C(=O)c2ccccc2C)CC1. The third kappa shape index (κ3) is 3.40. The van der Waals surface area contributed by atoms with Crippen LogP contribution in [0.5, 0.6) is 0 Å². The van der Waals surface area contributed by atoms with Gasteiger partial charge in [-0.2, -0.15) is 0 Å². The molecule has 0 saturated heterocycles. The van der Waals surface area contributed by atoms with Crippen molar-refractivity contribution in [2.24, 2.45) is 0 Å². The fourth-order valence-electron chi connectivity index (χ4n) is 3.12. The van der Waals surface area contributed by atoms with Crippen molar-refractivity contribution in [1.82, 2.24) is 10.2 Å². The van der Waals surface area contributed by atoms with E-state index in [9.17, 15) is 4.79 Å². The van der Waals surface area contributed by atoms with Crippen molar-refractivity contribution in [3.8, 4) is 0 Å². The maximum absolute atomic E-state index is 12.6. The van der Waals surface area contributed by atoms with Gasteiger partial charge in [0.05, 0.1) is 0 Å². The second-order valence-electron chi connectivity index (χ2n) is 5.79. The monoisotopic (exact) mass is 274 g/mol. The third-order valence-electron chi connectivity index (χ3n) is 4.43. The van der Waals surface area contributed by atoms with E-state index < -0.39 is 0 Å². The van der Waals surface area contributed by atoms with E-state index in [1.165, 1.54) is 12.8 Å². The molecule has 1 N–H and O–H groups in total. The Kier molecular flexibility index (Phi) is 5.18. The molecule has 0 aromatic heterocycles. The highest BCUT2D eigenvalue weighted by Crippen LogP contribution is 2.24. The molecule has 0 atom stereocenters. The Balaban J connectivity index is 1.97. The zero-order valence-electron chi connectivity index (χ0n) is 12.9. The molecule has 1 amide bonds. The number of hydrogen-bond donors (Lipinski definition) is 1. The maximum Gasteiger partial charge on any atom is 0.254 e. The number of carbonyl (C=O) groups is 1.